The van der Waals surface area contributed by atoms with Crippen molar-refractivity contribution in [3.8, 4) is 0 Å². The summed E-state index contributed by atoms with van der Waals surface area (Å²) in [4.78, 5) is 38.7. The number of rotatable bonds is 7. The molecule has 3 heterocycles. The molecule has 198 valence electrons. The fraction of sp³-hybridized carbons (Fsp3) is 0.379. The summed E-state index contributed by atoms with van der Waals surface area (Å²) in [5.74, 6) is -0.421. The van der Waals surface area contributed by atoms with Crippen LogP contribution in [-0.2, 0) is 0 Å². The SMILES string of the molecule is Cc1ncnc(C)c1C(=O)N[C@@H](CCN1CC2CN(C(=O)c3c(F)cccc3Cl)CC2C1)c1ccccc1. The molecule has 3 aromatic rings. The second-order valence-corrected chi connectivity index (χ2v) is 10.6. The van der Waals surface area contributed by atoms with E-state index in [0.29, 0.717) is 41.9 Å². The molecule has 0 bridgehead atoms. The first kappa shape index (κ1) is 26.3. The molecule has 5 rings (SSSR count). The number of aromatic nitrogens is 2. The van der Waals surface area contributed by atoms with E-state index in [2.05, 4.69) is 20.2 Å². The highest BCUT2D eigenvalue weighted by molar-refractivity contribution is 6.33. The Balaban J connectivity index is 1.21. The van der Waals surface area contributed by atoms with Crippen LogP contribution in [0.1, 0.15) is 50.1 Å². The van der Waals surface area contributed by atoms with Crippen LogP contribution in [0.15, 0.2) is 54.9 Å². The Bertz CT molecular complexity index is 1280. The second kappa shape index (κ2) is 11.2. The van der Waals surface area contributed by atoms with Crippen molar-refractivity contribution < 1.29 is 14.0 Å². The molecular weight excluding hydrogens is 505 g/mol. The zero-order valence-electron chi connectivity index (χ0n) is 21.5. The number of fused-ring (bicyclic) bond motifs is 1. The molecule has 38 heavy (non-hydrogen) atoms. The molecule has 0 radical (unpaired) electrons. The maximum absolute atomic E-state index is 14.3. The summed E-state index contributed by atoms with van der Waals surface area (Å²) in [6, 6.07) is 14.1. The van der Waals surface area contributed by atoms with Crippen molar-refractivity contribution >= 4 is 23.4 Å². The van der Waals surface area contributed by atoms with Gasteiger partial charge >= 0.3 is 0 Å². The van der Waals surface area contributed by atoms with Crippen LogP contribution in [0.2, 0.25) is 5.02 Å². The third-order valence-corrected chi connectivity index (χ3v) is 8.04. The van der Waals surface area contributed by atoms with Crippen LogP contribution in [0.3, 0.4) is 0 Å². The molecule has 3 atom stereocenters. The Kier molecular flexibility index (Phi) is 7.72. The zero-order chi connectivity index (χ0) is 26.8. The third kappa shape index (κ3) is 5.42. The molecule has 2 amide bonds. The molecule has 1 N–H and O–H groups in total. The van der Waals surface area contributed by atoms with Crippen LogP contribution < -0.4 is 5.32 Å². The van der Waals surface area contributed by atoms with E-state index in [1.165, 1.54) is 18.5 Å². The highest BCUT2D eigenvalue weighted by Gasteiger charge is 2.42. The molecule has 0 aliphatic carbocycles. The highest BCUT2D eigenvalue weighted by atomic mass is 35.5. The van der Waals surface area contributed by atoms with Gasteiger partial charge in [0.25, 0.3) is 11.8 Å². The van der Waals surface area contributed by atoms with E-state index < -0.39 is 5.82 Å². The van der Waals surface area contributed by atoms with Gasteiger partial charge in [0.15, 0.2) is 0 Å². The van der Waals surface area contributed by atoms with Gasteiger partial charge in [0, 0.05) is 32.7 Å². The number of likely N-dealkylation sites (tertiary alicyclic amines) is 2. The number of hydrogen-bond donors (Lipinski definition) is 1. The first-order valence-electron chi connectivity index (χ1n) is 12.9. The number of nitrogens with zero attached hydrogens (tertiary/aromatic N) is 4. The van der Waals surface area contributed by atoms with Gasteiger partial charge < -0.3 is 15.1 Å². The summed E-state index contributed by atoms with van der Waals surface area (Å²) < 4.78 is 14.3. The molecule has 2 fully saturated rings. The molecule has 2 saturated heterocycles. The Hall–Kier alpha value is -3.36. The average Bonchev–Trinajstić information content (AvgIpc) is 3.46. The van der Waals surface area contributed by atoms with Gasteiger partial charge in [-0.1, -0.05) is 48.0 Å². The van der Waals surface area contributed by atoms with E-state index in [0.717, 1.165) is 31.6 Å². The van der Waals surface area contributed by atoms with Crippen molar-refractivity contribution in [1.29, 1.82) is 0 Å². The molecule has 2 aromatic carbocycles. The Morgan fingerprint density at radius 2 is 1.63 bits per heavy atom. The summed E-state index contributed by atoms with van der Waals surface area (Å²) in [7, 11) is 0. The summed E-state index contributed by atoms with van der Waals surface area (Å²) in [5, 5.41) is 3.36. The summed E-state index contributed by atoms with van der Waals surface area (Å²) >= 11 is 6.13. The normalized spacial score (nSPS) is 19.8. The van der Waals surface area contributed by atoms with Gasteiger partial charge in [-0.3, -0.25) is 9.59 Å². The number of halogens is 2. The Morgan fingerprint density at radius 1 is 0.974 bits per heavy atom. The van der Waals surface area contributed by atoms with E-state index >= 15 is 0 Å². The minimum atomic E-state index is -0.581. The monoisotopic (exact) mass is 535 g/mol. The fourth-order valence-electron chi connectivity index (χ4n) is 5.77. The van der Waals surface area contributed by atoms with Crippen molar-refractivity contribution in [3.63, 3.8) is 0 Å². The lowest BCUT2D eigenvalue weighted by atomic mass is 10.0. The molecule has 2 aliphatic heterocycles. The zero-order valence-corrected chi connectivity index (χ0v) is 22.3. The van der Waals surface area contributed by atoms with E-state index in [1.54, 1.807) is 11.0 Å². The number of aryl methyl sites for hydroxylation is 2. The van der Waals surface area contributed by atoms with Gasteiger partial charge in [-0.2, -0.15) is 0 Å². The van der Waals surface area contributed by atoms with Crippen LogP contribution in [0.4, 0.5) is 4.39 Å². The molecule has 7 nitrogen and oxygen atoms in total. The number of nitrogens with one attached hydrogen (secondary N) is 1. The first-order valence-corrected chi connectivity index (χ1v) is 13.3. The predicted octanol–water partition coefficient (Wildman–Crippen LogP) is 4.45. The number of carbonyl (C=O) groups excluding carboxylic acids is 2. The topological polar surface area (TPSA) is 78.4 Å². The number of carbonyl (C=O) groups is 2. The van der Waals surface area contributed by atoms with Crippen LogP contribution >= 0.6 is 11.6 Å². The number of amides is 2. The lowest BCUT2D eigenvalue weighted by molar-refractivity contribution is 0.0769. The summed E-state index contributed by atoms with van der Waals surface area (Å²) in [6.45, 7) is 7.35. The maximum atomic E-state index is 14.3. The van der Waals surface area contributed by atoms with Gasteiger partial charge in [-0.15, -0.1) is 0 Å². The van der Waals surface area contributed by atoms with Crippen molar-refractivity contribution in [2.45, 2.75) is 26.3 Å². The molecule has 0 spiro atoms. The third-order valence-electron chi connectivity index (χ3n) is 7.72. The van der Waals surface area contributed by atoms with Gasteiger partial charge in [0.1, 0.15) is 12.1 Å². The molecule has 9 heteroatoms. The number of hydrogen-bond acceptors (Lipinski definition) is 5. The minimum absolute atomic E-state index is 0.0401. The van der Waals surface area contributed by atoms with Gasteiger partial charge in [0.05, 0.1) is 33.6 Å². The lowest BCUT2D eigenvalue weighted by Gasteiger charge is -2.25. The van der Waals surface area contributed by atoms with E-state index in [-0.39, 0.29) is 28.4 Å². The van der Waals surface area contributed by atoms with Crippen LogP contribution in [0.25, 0.3) is 0 Å². The Morgan fingerprint density at radius 3 is 2.26 bits per heavy atom. The summed E-state index contributed by atoms with van der Waals surface area (Å²) in [5.41, 5.74) is 2.84. The van der Waals surface area contributed by atoms with Gasteiger partial charge in [0.2, 0.25) is 0 Å². The molecule has 2 aliphatic rings. The van der Waals surface area contributed by atoms with Crippen molar-refractivity contribution in [2.24, 2.45) is 11.8 Å². The number of benzene rings is 2. The van der Waals surface area contributed by atoms with Crippen LogP contribution in [-0.4, -0.2) is 64.3 Å². The van der Waals surface area contributed by atoms with Crippen molar-refractivity contribution in [1.82, 2.24) is 25.1 Å². The van der Waals surface area contributed by atoms with Crippen molar-refractivity contribution in [2.75, 3.05) is 32.7 Å². The van der Waals surface area contributed by atoms with E-state index in [1.807, 2.05) is 44.2 Å². The summed E-state index contributed by atoms with van der Waals surface area (Å²) in [6.07, 6.45) is 2.22. The largest absolute Gasteiger partial charge is 0.345 e. The maximum Gasteiger partial charge on any atom is 0.258 e. The van der Waals surface area contributed by atoms with Crippen LogP contribution in [0.5, 0.6) is 0 Å². The van der Waals surface area contributed by atoms with Crippen LogP contribution in [0, 0.1) is 31.5 Å². The second-order valence-electron chi connectivity index (χ2n) is 10.2. The molecule has 2 unspecified atom stereocenters. The van der Waals surface area contributed by atoms with Crippen molar-refractivity contribution in [3.05, 3.63) is 93.8 Å². The molecular formula is C29H31ClFN5O2. The standard InChI is InChI=1S/C29H31ClFN5O2/c1-18-26(19(2)33-17-32-18)28(37)34-25(20-7-4-3-5-8-20)11-12-35-13-21-15-36(16-22(21)14-35)29(38)27-23(30)9-6-10-24(27)31/h3-10,17,21-22,25H,11-16H2,1-2H3,(H,34,37)/t21?,22?,25-/m0/s1. The van der Waals surface area contributed by atoms with E-state index in [9.17, 15) is 14.0 Å². The smallest absolute Gasteiger partial charge is 0.258 e. The molecule has 0 saturated carbocycles. The highest BCUT2D eigenvalue weighted by Crippen LogP contribution is 2.34. The van der Waals surface area contributed by atoms with Gasteiger partial charge in [-0.05, 0) is 49.8 Å². The first-order chi connectivity index (χ1) is 18.3. The molecule has 1 aromatic heterocycles. The minimum Gasteiger partial charge on any atom is -0.345 e. The Labute approximate surface area is 227 Å². The predicted molar refractivity (Wildman–Crippen MR) is 144 cm³/mol. The average molecular weight is 536 g/mol. The van der Waals surface area contributed by atoms with Gasteiger partial charge in [-0.25, -0.2) is 14.4 Å². The van der Waals surface area contributed by atoms with E-state index in [4.69, 9.17) is 11.6 Å². The fourth-order valence-corrected chi connectivity index (χ4v) is 6.01. The lowest BCUT2D eigenvalue weighted by Crippen LogP contribution is -2.36. The quantitative estimate of drug-likeness (QED) is 0.483.